The molecule has 1 heterocycles. The number of rotatable bonds is 7. The van der Waals surface area contributed by atoms with Gasteiger partial charge in [0, 0.05) is 29.7 Å². The molecule has 2 aromatic rings. The summed E-state index contributed by atoms with van der Waals surface area (Å²) in [5.41, 5.74) is 1.18. The third kappa shape index (κ3) is 4.41. The summed E-state index contributed by atoms with van der Waals surface area (Å²) in [4.78, 5) is 38.1. The number of para-hydroxylation sites is 1. The first kappa shape index (κ1) is 19.5. The Hall–Kier alpha value is -2.83. The second kappa shape index (κ2) is 8.51. The van der Waals surface area contributed by atoms with E-state index in [1.165, 1.54) is 12.0 Å². The standard InChI is InChI=1S/C19H25N3O4/c1-5-21(11-17(23)20-13(2)3)18(24)12-22-10-15(19(25)26-4)14-8-6-7-9-16(14)22/h6-10,13H,5,11-12H2,1-4H3,(H,20,23). The van der Waals surface area contributed by atoms with Gasteiger partial charge in [0.25, 0.3) is 0 Å². The molecule has 2 amide bonds. The molecule has 0 bridgehead atoms. The third-order valence-corrected chi connectivity index (χ3v) is 4.02. The number of nitrogens with one attached hydrogen (secondary N) is 1. The molecule has 0 fully saturated rings. The summed E-state index contributed by atoms with van der Waals surface area (Å²) < 4.78 is 6.54. The highest BCUT2D eigenvalue weighted by Crippen LogP contribution is 2.22. The molecule has 0 atom stereocenters. The number of benzene rings is 1. The van der Waals surface area contributed by atoms with Crippen molar-refractivity contribution in [1.82, 2.24) is 14.8 Å². The van der Waals surface area contributed by atoms with Gasteiger partial charge in [0.1, 0.15) is 6.54 Å². The number of esters is 1. The van der Waals surface area contributed by atoms with E-state index in [0.29, 0.717) is 12.1 Å². The van der Waals surface area contributed by atoms with E-state index in [4.69, 9.17) is 4.74 Å². The van der Waals surface area contributed by atoms with Crippen LogP contribution in [0.4, 0.5) is 0 Å². The summed E-state index contributed by atoms with van der Waals surface area (Å²) in [6, 6.07) is 7.35. The highest BCUT2D eigenvalue weighted by atomic mass is 16.5. The van der Waals surface area contributed by atoms with Crippen LogP contribution in [-0.2, 0) is 20.9 Å². The maximum absolute atomic E-state index is 12.7. The predicted octanol–water partition coefficient (Wildman–Crippen LogP) is 1.80. The second-order valence-corrected chi connectivity index (χ2v) is 6.31. The van der Waals surface area contributed by atoms with E-state index in [2.05, 4.69) is 5.32 Å². The lowest BCUT2D eigenvalue weighted by Gasteiger charge is -2.21. The lowest BCUT2D eigenvalue weighted by Crippen LogP contribution is -2.43. The Labute approximate surface area is 152 Å². The smallest absolute Gasteiger partial charge is 0.340 e. The van der Waals surface area contributed by atoms with Gasteiger partial charge in [0.2, 0.25) is 11.8 Å². The summed E-state index contributed by atoms with van der Waals surface area (Å²) >= 11 is 0. The van der Waals surface area contributed by atoms with Crippen LogP contribution in [0.2, 0.25) is 0 Å². The molecule has 26 heavy (non-hydrogen) atoms. The molecule has 0 saturated carbocycles. The summed E-state index contributed by atoms with van der Waals surface area (Å²) in [6.07, 6.45) is 1.62. The molecule has 0 saturated heterocycles. The Morgan fingerprint density at radius 3 is 2.54 bits per heavy atom. The molecule has 1 N–H and O–H groups in total. The van der Waals surface area contributed by atoms with Crippen LogP contribution in [0.25, 0.3) is 10.9 Å². The minimum Gasteiger partial charge on any atom is -0.465 e. The van der Waals surface area contributed by atoms with E-state index in [9.17, 15) is 14.4 Å². The van der Waals surface area contributed by atoms with Crippen LogP contribution < -0.4 is 5.32 Å². The van der Waals surface area contributed by atoms with E-state index in [-0.39, 0.29) is 30.9 Å². The Morgan fingerprint density at radius 1 is 1.23 bits per heavy atom. The maximum Gasteiger partial charge on any atom is 0.340 e. The number of hydrogen-bond donors (Lipinski definition) is 1. The van der Waals surface area contributed by atoms with Gasteiger partial charge in [-0.25, -0.2) is 4.79 Å². The first-order valence-electron chi connectivity index (χ1n) is 8.60. The molecule has 0 aliphatic rings. The van der Waals surface area contributed by atoms with E-state index in [1.807, 2.05) is 45.0 Å². The zero-order valence-electron chi connectivity index (χ0n) is 15.6. The zero-order chi connectivity index (χ0) is 19.3. The molecule has 0 spiro atoms. The number of carbonyl (C=O) groups is 3. The number of nitrogens with zero attached hydrogens (tertiary/aromatic N) is 2. The van der Waals surface area contributed by atoms with Crippen LogP contribution in [0.1, 0.15) is 31.1 Å². The average molecular weight is 359 g/mol. The number of hydrogen-bond acceptors (Lipinski definition) is 4. The number of fused-ring (bicyclic) bond motifs is 1. The molecule has 0 radical (unpaired) electrons. The number of amides is 2. The van der Waals surface area contributed by atoms with Crippen molar-refractivity contribution in [1.29, 1.82) is 0 Å². The van der Waals surface area contributed by atoms with Crippen LogP contribution in [-0.4, -0.2) is 53.5 Å². The van der Waals surface area contributed by atoms with Crippen molar-refractivity contribution in [2.75, 3.05) is 20.2 Å². The summed E-state index contributed by atoms with van der Waals surface area (Å²) in [6.45, 7) is 6.05. The Kier molecular flexibility index (Phi) is 6.38. The highest BCUT2D eigenvalue weighted by Gasteiger charge is 2.20. The quantitative estimate of drug-likeness (QED) is 0.765. The van der Waals surface area contributed by atoms with Gasteiger partial charge in [-0.3, -0.25) is 9.59 Å². The number of aromatic nitrogens is 1. The third-order valence-electron chi connectivity index (χ3n) is 4.02. The van der Waals surface area contributed by atoms with Crippen molar-refractivity contribution in [3.8, 4) is 0 Å². The highest BCUT2D eigenvalue weighted by molar-refractivity contribution is 6.04. The van der Waals surface area contributed by atoms with Crippen LogP contribution >= 0.6 is 0 Å². The van der Waals surface area contributed by atoms with E-state index in [1.54, 1.807) is 10.8 Å². The van der Waals surface area contributed by atoms with Crippen molar-refractivity contribution < 1.29 is 19.1 Å². The maximum atomic E-state index is 12.7. The molecule has 2 rings (SSSR count). The predicted molar refractivity (Wildman–Crippen MR) is 98.8 cm³/mol. The minimum atomic E-state index is -0.448. The molecular weight excluding hydrogens is 334 g/mol. The zero-order valence-corrected chi connectivity index (χ0v) is 15.6. The fourth-order valence-electron chi connectivity index (χ4n) is 2.81. The number of methoxy groups -OCH3 is 1. The normalized spacial score (nSPS) is 10.8. The van der Waals surface area contributed by atoms with Crippen molar-refractivity contribution in [3.05, 3.63) is 36.0 Å². The molecular formula is C19H25N3O4. The van der Waals surface area contributed by atoms with Crippen molar-refractivity contribution in [2.24, 2.45) is 0 Å². The molecule has 1 aromatic heterocycles. The van der Waals surface area contributed by atoms with Crippen molar-refractivity contribution in [2.45, 2.75) is 33.4 Å². The number of ether oxygens (including phenoxy) is 1. The van der Waals surface area contributed by atoms with Gasteiger partial charge in [-0.05, 0) is 26.8 Å². The second-order valence-electron chi connectivity index (χ2n) is 6.31. The summed E-state index contributed by atoms with van der Waals surface area (Å²) in [5.74, 6) is -0.831. The van der Waals surface area contributed by atoms with Crippen LogP contribution in [0, 0.1) is 0 Å². The molecule has 7 heteroatoms. The van der Waals surface area contributed by atoms with Gasteiger partial charge in [-0.15, -0.1) is 0 Å². The molecule has 1 aromatic carbocycles. The molecule has 7 nitrogen and oxygen atoms in total. The topological polar surface area (TPSA) is 80.6 Å². The van der Waals surface area contributed by atoms with Gasteiger partial charge in [0.05, 0.1) is 19.2 Å². The van der Waals surface area contributed by atoms with Gasteiger partial charge >= 0.3 is 5.97 Å². The lowest BCUT2D eigenvalue weighted by atomic mass is 10.2. The number of likely N-dealkylation sites (N-methyl/N-ethyl adjacent to an activating group) is 1. The van der Waals surface area contributed by atoms with E-state index >= 15 is 0 Å². The SMILES string of the molecule is CCN(CC(=O)NC(C)C)C(=O)Cn1cc(C(=O)OC)c2ccccc21. The van der Waals surface area contributed by atoms with Crippen molar-refractivity contribution in [3.63, 3.8) is 0 Å². The molecule has 0 aliphatic heterocycles. The van der Waals surface area contributed by atoms with Crippen LogP contribution in [0.3, 0.4) is 0 Å². The fraction of sp³-hybridized carbons (Fsp3) is 0.421. The van der Waals surface area contributed by atoms with Gasteiger partial charge in [-0.2, -0.15) is 0 Å². The first-order chi connectivity index (χ1) is 12.4. The van der Waals surface area contributed by atoms with Crippen LogP contribution in [0.15, 0.2) is 30.5 Å². The molecule has 0 unspecified atom stereocenters. The summed E-state index contributed by atoms with van der Waals surface area (Å²) in [7, 11) is 1.33. The van der Waals surface area contributed by atoms with Crippen LogP contribution in [0.5, 0.6) is 0 Å². The molecule has 0 aliphatic carbocycles. The molecule has 140 valence electrons. The van der Waals surface area contributed by atoms with Gasteiger partial charge in [0.15, 0.2) is 0 Å². The van der Waals surface area contributed by atoms with Crippen molar-refractivity contribution >= 4 is 28.7 Å². The summed E-state index contributed by atoms with van der Waals surface area (Å²) in [5, 5.41) is 3.51. The Bertz CT molecular complexity index is 810. The monoisotopic (exact) mass is 359 g/mol. The Morgan fingerprint density at radius 2 is 1.92 bits per heavy atom. The van der Waals surface area contributed by atoms with E-state index in [0.717, 1.165) is 10.9 Å². The van der Waals surface area contributed by atoms with E-state index < -0.39 is 5.97 Å². The largest absolute Gasteiger partial charge is 0.465 e. The first-order valence-corrected chi connectivity index (χ1v) is 8.60. The fourth-order valence-corrected chi connectivity index (χ4v) is 2.81. The lowest BCUT2D eigenvalue weighted by molar-refractivity contribution is -0.136. The minimum absolute atomic E-state index is 0.0105. The average Bonchev–Trinajstić information content (AvgIpc) is 2.97. The Balaban J connectivity index is 2.22. The number of carbonyl (C=O) groups excluding carboxylic acids is 3. The van der Waals surface area contributed by atoms with Gasteiger partial charge < -0.3 is 19.5 Å². The van der Waals surface area contributed by atoms with Gasteiger partial charge in [-0.1, -0.05) is 18.2 Å².